The van der Waals surface area contributed by atoms with Gasteiger partial charge in [-0.2, -0.15) is 13.2 Å². The average molecular weight is 410 g/mol. The molecule has 5 nitrogen and oxygen atoms in total. The topological polar surface area (TPSA) is 61.3 Å². The number of pyridine rings is 2. The molecule has 0 fully saturated rings. The fourth-order valence-corrected chi connectivity index (χ4v) is 2.64. The molecule has 0 unspecified atom stereocenters. The van der Waals surface area contributed by atoms with Crippen molar-refractivity contribution in [2.24, 2.45) is 0 Å². The standard InChI is InChI=1S/C22H13F3N2O3/c23-22(24,25)15-6-12-20(26-13-15)29-16-7-9-17(10-8-16)30-21(28)19-11-5-14-3-1-2-4-18(14)27-19/h1-13H. The molecule has 2 aromatic heterocycles. The van der Waals surface area contributed by atoms with Crippen LogP contribution >= 0.6 is 0 Å². The maximum atomic E-state index is 12.6. The van der Waals surface area contributed by atoms with Crippen molar-refractivity contribution in [1.29, 1.82) is 0 Å². The molecule has 150 valence electrons. The number of alkyl halides is 3. The van der Waals surface area contributed by atoms with E-state index in [-0.39, 0.29) is 17.3 Å². The zero-order chi connectivity index (χ0) is 21.1. The van der Waals surface area contributed by atoms with Gasteiger partial charge in [0.15, 0.2) is 0 Å². The third kappa shape index (κ3) is 4.38. The van der Waals surface area contributed by atoms with E-state index in [1.807, 2.05) is 18.2 Å². The van der Waals surface area contributed by atoms with E-state index >= 15 is 0 Å². The number of nitrogens with zero attached hydrogens (tertiary/aromatic N) is 2. The van der Waals surface area contributed by atoms with Crippen LogP contribution in [0.5, 0.6) is 17.4 Å². The first-order valence-electron chi connectivity index (χ1n) is 8.78. The summed E-state index contributed by atoms with van der Waals surface area (Å²) in [5.74, 6) is -0.0134. The summed E-state index contributed by atoms with van der Waals surface area (Å²) in [6.45, 7) is 0. The van der Waals surface area contributed by atoms with Crippen LogP contribution in [0.3, 0.4) is 0 Å². The number of benzene rings is 2. The number of para-hydroxylation sites is 1. The number of halogens is 3. The smallest absolute Gasteiger partial charge is 0.417 e. The van der Waals surface area contributed by atoms with Gasteiger partial charge in [-0.3, -0.25) is 0 Å². The van der Waals surface area contributed by atoms with Crippen LogP contribution in [0.2, 0.25) is 0 Å². The van der Waals surface area contributed by atoms with Gasteiger partial charge in [-0.05, 0) is 42.5 Å². The molecule has 0 spiro atoms. The SMILES string of the molecule is O=C(Oc1ccc(Oc2ccc(C(F)(F)F)cn2)cc1)c1ccc2ccccc2n1. The number of rotatable bonds is 4. The molecular formula is C22H13F3N2O3. The van der Waals surface area contributed by atoms with Gasteiger partial charge >= 0.3 is 12.1 Å². The van der Waals surface area contributed by atoms with Crippen molar-refractivity contribution in [3.05, 3.63) is 90.3 Å². The van der Waals surface area contributed by atoms with Gasteiger partial charge in [0.1, 0.15) is 17.2 Å². The van der Waals surface area contributed by atoms with Gasteiger partial charge in [0, 0.05) is 17.6 Å². The highest BCUT2D eigenvalue weighted by atomic mass is 19.4. The second kappa shape index (κ2) is 7.82. The Hall–Kier alpha value is -3.94. The predicted octanol–water partition coefficient (Wildman–Crippen LogP) is 5.66. The number of esters is 1. The number of ether oxygens (including phenoxy) is 2. The predicted molar refractivity (Wildman–Crippen MR) is 102 cm³/mol. The molecule has 8 heteroatoms. The lowest BCUT2D eigenvalue weighted by atomic mass is 10.2. The molecule has 0 amide bonds. The van der Waals surface area contributed by atoms with E-state index in [1.165, 1.54) is 24.3 Å². The van der Waals surface area contributed by atoms with Gasteiger partial charge in [0.05, 0.1) is 11.1 Å². The molecule has 0 saturated carbocycles. The number of hydrogen-bond acceptors (Lipinski definition) is 5. The molecule has 0 aliphatic rings. The minimum Gasteiger partial charge on any atom is -0.439 e. The molecule has 4 rings (SSSR count). The molecule has 0 radical (unpaired) electrons. The van der Waals surface area contributed by atoms with E-state index < -0.39 is 17.7 Å². The Bertz CT molecular complexity index is 1190. The van der Waals surface area contributed by atoms with Gasteiger partial charge < -0.3 is 9.47 Å². The molecule has 30 heavy (non-hydrogen) atoms. The Morgan fingerprint density at radius 3 is 2.27 bits per heavy atom. The highest BCUT2D eigenvalue weighted by molar-refractivity contribution is 5.92. The van der Waals surface area contributed by atoms with Crippen LogP contribution in [0.15, 0.2) is 79.0 Å². The second-order valence-corrected chi connectivity index (χ2v) is 6.24. The third-order valence-corrected chi connectivity index (χ3v) is 4.13. The fourth-order valence-electron chi connectivity index (χ4n) is 2.64. The summed E-state index contributed by atoms with van der Waals surface area (Å²) in [4.78, 5) is 20.3. The molecule has 0 bridgehead atoms. The van der Waals surface area contributed by atoms with Crippen molar-refractivity contribution in [3.8, 4) is 17.4 Å². The summed E-state index contributed by atoms with van der Waals surface area (Å²) in [5, 5.41) is 0.910. The van der Waals surface area contributed by atoms with Crippen molar-refractivity contribution < 1.29 is 27.4 Å². The number of carbonyl (C=O) groups excluding carboxylic acids is 1. The molecule has 0 aliphatic heterocycles. The number of carbonyl (C=O) groups is 1. The summed E-state index contributed by atoms with van der Waals surface area (Å²) in [7, 11) is 0. The summed E-state index contributed by atoms with van der Waals surface area (Å²) in [6, 6.07) is 18.8. The zero-order valence-corrected chi connectivity index (χ0v) is 15.3. The highest BCUT2D eigenvalue weighted by Gasteiger charge is 2.30. The van der Waals surface area contributed by atoms with Crippen LogP contribution in [-0.2, 0) is 6.18 Å². The maximum absolute atomic E-state index is 12.6. The minimum atomic E-state index is -4.46. The maximum Gasteiger partial charge on any atom is 0.417 e. The van der Waals surface area contributed by atoms with E-state index in [4.69, 9.17) is 9.47 Å². The van der Waals surface area contributed by atoms with Crippen LogP contribution in [0, 0.1) is 0 Å². The van der Waals surface area contributed by atoms with E-state index in [9.17, 15) is 18.0 Å². The van der Waals surface area contributed by atoms with Gasteiger partial charge in [-0.15, -0.1) is 0 Å². The largest absolute Gasteiger partial charge is 0.439 e. The van der Waals surface area contributed by atoms with Crippen molar-refractivity contribution in [2.45, 2.75) is 6.18 Å². The minimum absolute atomic E-state index is 0.00751. The molecule has 4 aromatic rings. The Kier molecular flexibility index (Phi) is 5.05. The van der Waals surface area contributed by atoms with Crippen LogP contribution < -0.4 is 9.47 Å². The monoisotopic (exact) mass is 410 g/mol. The Morgan fingerprint density at radius 2 is 1.57 bits per heavy atom. The summed E-state index contributed by atoms with van der Waals surface area (Å²) in [5.41, 5.74) is -0.0119. The van der Waals surface area contributed by atoms with Crippen molar-refractivity contribution in [2.75, 3.05) is 0 Å². The van der Waals surface area contributed by atoms with Crippen molar-refractivity contribution in [3.63, 3.8) is 0 Å². The summed E-state index contributed by atoms with van der Waals surface area (Å²) in [6.07, 6.45) is -3.76. The van der Waals surface area contributed by atoms with Crippen LogP contribution in [-0.4, -0.2) is 15.9 Å². The normalized spacial score (nSPS) is 11.3. The van der Waals surface area contributed by atoms with E-state index in [1.54, 1.807) is 18.2 Å². The van der Waals surface area contributed by atoms with Crippen molar-refractivity contribution in [1.82, 2.24) is 9.97 Å². The molecule has 2 aromatic carbocycles. The third-order valence-electron chi connectivity index (χ3n) is 4.13. The Morgan fingerprint density at radius 1 is 0.833 bits per heavy atom. The zero-order valence-electron chi connectivity index (χ0n) is 15.3. The Balaban J connectivity index is 1.42. The van der Waals surface area contributed by atoms with Crippen LogP contribution in [0.25, 0.3) is 10.9 Å². The lowest BCUT2D eigenvalue weighted by Gasteiger charge is -2.09. The van der Waals surface area contributed by atoms with Gasteiger partial charge in [0.25, 0.3) is 0 Å². The molecular weight excluding hydrogens is 397 g/mol. The van der Waals surface area contributed by atoms with Gasteiger partial charge in [0.2, 0.25) is 5.88 Å². The number of aromatic nitrogens is 2. The van der Waals surface area contributed by atoms with E-state index in [2.05, 4.69) is 9.97 Å². The van der Waals surface area contributed by atoms with Crippen molar-refractivity contribution >= 4 is 16.9 Å². The van der Waals surface area contributed by atoms with E-state index in [0.29, 0.717) is 17.5 Å². The van der Waals surface area contributed by atoms with Gasteiger partial charge in [-0.1, -0.05) is 24.3 Å². The second-order valence-electron chi connectivity index (χ2n) is 6.24. The average Bonchev–Trinajstić information content (AvgIpc) is 2.74. The summed E-state index contributed by atoms with van der Waals surface area (Å²) < 4.78 is 48.4. The molecule has 0 N–H and O–H groups in total. The quantitative estimate of drug-likeness (QED) is 0.321. The molecule has 0 aliphatic carbocycles. The highest BCUT2D eigenvalue weighted by Crippen LogP contribution is 2.30. The first kappa shape index (κ1) is 19.4. The Labute approximate surface area is 168 Å². The van der Waals surface area contributed by atoms with Crippen LogP contribution in [0.4, 0.5) is 13.2 Å². The van der Waals surface area contributed by atoms with Crippen LogP contribution in [0.1, 0.15) is 16.1 Å². The fraction of sp³-hybridized carbons (Fsp3) is 0.0455. The number of fused-ring (bicyclic) bond motifs is 1. The summed E-state index contributed by atoms with van der Waals surface area (Å²) >= 11 is 0. The first-order chi connectivity index (χ1) is 14.4. The molecule has 0 saturated heterocycles. The first-order valence-corrected chi connectivity index (χ1v) is 8.78. The van der Waals surface area contributed by atoms with Gasteiger partial charge in [-0.25, -0.2) is 14.8 Å². The number of hydrogen-bond donors (Lipinski definition) is 0. The lowest BCUT2D eigenvalue weighted by Crippen LogP contribution is -2.10. The van der Waals surface area contributed by atoms with E-state index in [0.717, 1.165) is 17.5 Å². The lowest BCUT2D eigenvalue weighted by molar-refractivity contribution is -0.137. The molecule has 2 heterocycles. The molecule has 0 atom stereocenters.